The van der Waals surface area contributed by atoms with E-state index in [1.807, 2.05) is 72.2 Å². The lowest BCUT2D eigenvalue weighted by molar-refractivity contribution is 0.629. The third-order valence-corrected chi connectivity index (χ3v) is 5.86. The van der Waals surface area contributed by atoms with Crippen molar-refractivity contribution in [1.82, 2.24) is 9.66 Å². The van der Waals surface area contributed by atoms with Crippen molar-refractivity contribution in [1.29, 1.82) is 0 Å². The van der Waals surface area contributed by atoms with Gasteiger partial charge in [-0.1, -0.05) is 60.7 Å². The molecule has 0 bridgehead atoms. The molecule has 2 heterocycles. The van der Waals surface area contributed by atoms with Crippen LogP contribution in [-0.2, 0) is 6.54 Å². The molecule has 3 aromatic carbocycles. The predicted octanol–water partition coefficient (Wildman–Crippen LogP) is 5.82. The predicted molar refractivity (Wildman–Crippen MR) is 125 cm³/mol. The van der Waals surface area contributed by atoms with Gasteiger partial charge in [-0.2, -0.15) is 5.10 Å². The van der Waals surface area contributed by atoms with E-state index >= 15 is 0 Å². The number of nitrogens with zero attached hydrogens (tertiary/aromatic N) is 3. The monoisotopic (exact) mass is 426 g/mol. The van der Waals surface area contributed by atoms with Crippen LogP contribution < -0.4 is 4.80 Å². The van der Waals surface area contributed by atoms with Gasteiger partial charge in [-0.25, -0.2) is 9.07 Å². The molecule has 0 aliphatic rings. The molecule has 0 fully saturated rings. The van der Waals surface area contributed by atoms with Crippen molar-refractivity contribution in [2.45, 2.75) is 6.54 Å². The molecule has 6 heteroatoms. The van der Waals surface area contributed by atoms with Crippen LogP contribution in [-0.4, -0.2) is 15.9 Å². The van der Waals surface area contributed by atoms with Crippen LogP contribution in [0.25, 0.3) is 22.2 Å². The summed E-state index contributed by atoms with van der Waals surface area (Å²) in [6.07, 6.45) is 3.71. The highest BCUT2D eigenvalue weighted by molar-refractivity contribution is 7.07. The molecule has 5 aromatic rings. The van der Waals surface area contributed by atoms with E-state index in [0.717, 1.165) is 22.0 Å². The number of rotatable bonds is 5. The Morgan fingerprint density at radius 2 is 1.71 bits per heavy atom. The quantitative estimate of drug-likeness (QED) is 0.344. The Balaban J connectivity index is 1.60. The second-order valence-corrected chi connectivity index (χ2v) is 7.87. The van der Waals surface area contributed by atoms with E-state index in [1.54, 1.807) is 23.0 Å². The summed E-state index contributed by atoms with van der Waals surface area (Å²) in [6.45, 7) is 0.528. The highest BCUT2D eigenvalue weighted by atomic mass is 32.1. The Kier molecular flexibility index (Phi) is 5.29. The summed E-state index contributed by atoms with van der Waals surface area (Å²) in [6, 6.07) is 24.8. The Morgan fingerprint density at radius 3 is 2.58 bits per heavy atom. The van der Waals surface area contributed by atoms with Gasteiger partial charge in [-0.15, -0.1) is 11.3 Å². The standard InChI is InChI=1S/C25H19FN4S/c26-22-12-6-4-11-21(22)24-17-31-25(28-14-18-8-2-1-3-9-18)30(24)29-16-19-15-27-23-13-7-5-10-20(19)23/h1-13,15-17,27H,14H2. The molecule has 0 atom stereocenters. The molecule has 0 aliphatic heterocycles. The fourth-order valence-electron chi connectivity index (χ4n) is 3.44. The SMILES string of the molecule is Fc1ccccc1-c1csc(=NCc2ccccc2)n1N=Cc1c[nH]c2ccccc12. The summed E-state index contributed by atoms with van der Waals surface area (Å²) >= 11 is 1.45. The van der Waals surface area contributed by atoms with Gasteiger partial charge in [-0.3, -0.25) is 4.99 Å². The third kappa shape index (κ3) is 3.98. The fraction of sp³-hybridized carbons (Fsp3) is 0.0400. The molecular formula is C25H19FN4S. The van der Waals surface area contributed by atoms with E-state index < -0.39 is 0 Å². The first-order valence-corrected chi connectivity index (χ1v) is 10.8. The number of halogens is 1. The van der Waals surface area contributed by atoms with Crippen molar-refractivity contribution in [3.63, 3.8) is 0 Å². The Morgan fingerprint density at radius 1 is 0.935 bits per heavy atom. The molecule has 5 rings (SSSR count). The van der Waals surface area contributed by atoms with E-state index in [4.69, 9.17) is 10.1 Å². The van der Waals surface area contributed by atoms with Gasteiger partial charge >= 0.3 is 0 Å². The number of hydrogen-bond donors (Lipinski definition) is 1. The molecule has 4 nitrogen and oxygen atoms in total. The summed E-state index contributed by atoms with van der Waals surface area (Å²) in [5.41, 5.74) is 4.28. The maximum Gasteiger partial charge on any atom is 0.206 e. The van der Waals surface area contributed by atoms with Crippen molar-refractivity contribution in [2.24, 2.45) is 10.1 Å². The lowest BCUT2D eigenvalue weighted by Gasteiger charge is -2.04. The Hall–Kier alpha value is -3.77. The van der Waals surface area contributed by atoms with Gasteiger partial charge < -0.3 is 4.98 Å². The molecule has 0 spiro atoms. The molecule has 1 N–H and O–H groups in total. The Bertz CT molecular complexity index is 1430. The van der Waals surface area contributed by atoms with Gasteiger partial charge in [0.05, 0.1) is 18.5 Å². The molecule has 2 aromatic heterocycles. The number of aromatic nitrogens is 2. The number of thiazole rings is 1. The van der Waals surface area contributed by atoms with Gasteiger partial charge in [0.1, 0.15) is 5.82 Å². The van der Waals surface area contributed by atoms with Crippen LogP contribution in [0, 0.1) is 5.82 Å². The van der Waals surface area contributed by atoms with Crippen LogP contribution in [0.1, 0.15) is 11.1 Å². The minimum Gasteiger partial charge on any atom is -0.361 e. The zero-order chi connectivity index (χ0) is 21.0. The first-order chi connectivity index (χ1) is 15.3. The van der Waals surface area contributed by atoms with Gasteiger partial charge in [0.15, 0.2) is 0 Å². The normalized spacial score (nSPS) is 12.2. The zero-order valence-corrected chi connectivity index (χ0v) is 17.4. The number of H-pyrrole nitrogens is 1. The maximum atomic E-state index is 14.5. The van der Waals surface area contributed by atoms with Gasteiger partial charge in [0.25, 0.3) is 0 Å². The fourth-order valence-corrected chi connectivity index (χ4v) is 4.27. The minimum absolute atomic E-state index is 0.286. The summed E-state index contributed by atoms with van der Waals surface area (Å²) in [4.78, 5) is 8.71. The van der Waals surface area contributed by atoms with Gasteiger partial charge in [0, 0.05) is 33.6 Å². The zero-order valence-electron chi connectivity index (χ0n) is 16.6. The summed E-state index contributed by atoms with van der Waals surface area (Å²) in [5.74, 6) is -0.286. The highest BCUT2D eigenvalue weighted by Gasteiger charge is 2.11. The smallest absolute Gasteiger partial charge is 0.206 e. The molecule has 31 heavy (non-hydrogen) atoms. The van der Waals surface area contributed by atoms with E-state index in [-0.39, 0.29) is 5.82 Å². The second-order valence-electron chi connectivity index (χ2n) is 7.03. The number of nitrogens with one attached hydrogen (secondary N) is 1. The largest absolute Gasteiger partial charge is 0.361 e. The van der Waals surface area contributed by atoms with Crippen LogP contribution in [0.5, 0.6) is 0 Å². The molecule has 0 unspecified atom stereocenters. The topological polar surface area (TPSA) is 45.4 Å². The summed E-state index contributed by atoms with van der Waals surface area (Å²) < 4.78 is 16.3. The van der Waals surface area contributed by atoms with Crippen molar-refractivity contribution < 1.29 is 4.39 Å². The molecule has 0 saturated carbocycles. The molecule has 0 radical (unpaired) electrons. The second kappa shape index (κ2) is 8.53. The van der Waals surface area contributed by atoms with Crippen LogP contribution in [0.2, 0.25) is 0 Å². The molecule has 0 amide bonds. The average molecular weight is 427 g/mol. The van der Waals surface area contributed by atoms with Crippen molar-refractivity contribution in [2.75, 3.05) is 0 Å². The van der Waals surface area contributed by atoms with Gasteiger partial charge in [0.2, 0.25) is 4.80 Å². The minimum atomic E-state index is -0.286. The highest BCUT2D eigenvalue weighted by Crippen LogP contribution is 2.23. The Labute approximate surface area is 182 Å². The van der Waals surface area contributed by atoms with Crippen molar-refractivity contribution >= 4 is 28.5 Å². The number of hydrogen-bond acceptors (Lipinski definition) is 3. The molecular weight excluding hydrogens is 407 g/mol. The number of para-hydroxylation sites is 1. The lowest BCUT2D eigenvalue weighted by Crippen LogP contribution is -2.12. The maximum absolute atomic E-state index is 14.5. The van der Waals surface area contributed by atoms with E-state index in [1.165, 1.54) is 17.4 Å². The van der Waals surface area contributed by atoms with Crippen LogP contribution in [0.4, 0.5) is 4.39 Å². The van der Waals surface area contributed by atoms with Crippen molar-refractivity contribution in [3.05, 3.63) is 112 Å². The number of fused-ring (bicyclic) bond motifs is 1. The van der Waals surface area contributed by atoms with Crippen LogP contribution in [0.3, 0.4) is 0 Å². The number of benzene rings is 3. The van der Waals surface area contributed by atoms with Gasteiger partial charge in [-0.05, 0) is 23.8 Å². The van der Waals surface area contributed by atoms with Crippen molar-refractivity contribution in [3.8, 4) is 11.3 Å². The van der Waals surface area contributed by atoms with Crippen LogP contribution >= 0.6 is 11.3 Å². The first-order valence-electron chi connectivity index (χ1n) is 9.90. The van der Waals surface area contributed by atoms with Crippen LogP contribution in [0.15, 0.2) is 101 Å². The first kappa shape index (κ1) is 19.2. The molecule has 152 valence electrons. The third-order valence-electron chi connectivity index (χ3n) is 5.01. The molecule has 0 saturated heterocycles. The van der Waals surface area contributed by atoms with E-state index in [0.29, 0.717) is 22.6 Å². The van der Waals surface area contributed by atoms with E-state index in [2.05, 4.69) is 4.98 Å². The van der Waals surface area contributed by atoms with E-state index in [9.17, 15) is 4.39 Å². The lowest BCUT2D eigenvalue weighted by atomic mass is 10.1. The summed E-state index contributed by atoms with van der Waals surface area (Å²) in [7, 11) is 0. The average Bonchev–Trinajstić information content (AvgIpc) is 3.41. The number of aromatic amines is 1. The summed E-state index contributed by atoms with van der Waals surface area (Å²) in [5, 5.41) is 7.69. The molecule has 0 aliphatic carbocycles.